The molecule has 1 fully saturated rings. The lowest BCUT2D eigenvalue weighted by Gasteiger charge is -2.42. The van der Waals surface area contributed by atoms with Crippen LogP contribution in [0.25, 0.3) is 0 Å². The van der Waals surface area contributed by atoms with Crippen LogP contribution in [0.5, 0.6) is 0 Å². The lowest BCUT2D eigenvalue weighted by atomic mass is 9.86. The molecular weight excluding hydrogens is 266 g/mol. The van der Waals surface area contributed by atoms with Crippen molar-refractivity contribution in [2.75, 3.05) is 6.54 Å². The summed E-state index contributed by atoms with van der Waals surface area (Å²) in [5.74, 6) is -0.383. The molecule has 0 radical (unpaired) electrons. The van der Waals surface area contributed by atoms with Crippen molar-refractivity contribution >= 4 is 23.2 Å². The molecule has 0 aliphatic carbocycles. The molecule has 1 aromatic rings. The fraction of sp³-hybridized carbons (Fsp3) is 0.429. The third kappa shape index (κ3) is 3.21. The molecule has 1 aromatic carbocycles. The van der Waals surface area contributed by atoms with Crippen molar-refractivity contribution < 1.29 is 9.59 Å². The molecule has 2 unspecified atom stereocenters. The van der Waals surface area contributed by atoms with Gasteiger partial charge in [0.1, 0.15) is 5.78 Å². The van der Waals surface area contributed by atoms with Gasteiger partial charge in [0.15, 0.2) is 5.78 Å². The number of nitrogens with zero attached hydrogens (tertiary/aromatic N) is 1. The number of hydrogen-bond acceptors (Lipinski definition) is 4. The van der Waals surface area contributed by atoms with E-state index < -0.39 is 6.04 Å². The smallest absolute Gasteiger partial charge is 0.179 e. The van der Waals surface area contributed by atoms with Gasteiger partial charge in [-0.05, 0) is 50.6 Å². The van der Waals surface area contributed by atoms with E-state index >= 15 is 0 Å². The number of halogens is 1. The quantitative estimate of drug-likeness (QED) is 0.799. The Morgan fingerprint density at radius 3 is 2.53 bits per heavy atom. The SMILES string of the molecule is CC(=O)C1CCN([O-])C(C(=O)c2ccc(Cl)cc2)C1. The highest BCUT2D eigenvalue weighted by Crippen LogP contribution is 2.25. The largest absolute Gasteiger partial charge is 0.785 e. The minimum absolute atomic E-state index is 0.0435. The van der Waals surface area contributed by atoms with Crippen molar-refractivity contribution in [3.8, 4) is 0 Å². The zero-order chi connectivity index (χ0) is 14.0. The molecule has 5 heteroatoms. The van der Waals surface area contributed by atoms with Gasteiger partial charge in [-0.15, -0.1) is 0 Å². The van der Waals surface area contributed by atoms with Gasteiger partial charge in [-0.1, -0.05) is 11.6 Å². The van der Waals surface area contributed by atoms with Gasteiger partial charge in [-0.3, -0.25) is 9.59 Å². The number of piperidine rings is 1. The molecule has 0 spiro atoms. The molecule has 0 bridgehead atoms. The maximum absolute atomic E-state index is 12.3. The van der Waals surface area contributed by atoms with E-state index in [1.54, 1.807) is 24.3 Å². The topological polar surface area (TPSA) is 60.4 Å². The molecule has 0 N–H and O–H groups in total. The van der Waals surface area contributed by atoms with Gasteiger partial charge < -0.3 is 10.3 Å². The summed E-state index contributed by atoms with van der Waals surface area (Å²) >= 11 is 5.77. The molecule has 19 heavy (non-hydrogen) atoms. The summed E-state index contributed by atoms with van der Waals surface area (Å²) in [7, 11) is 0. The monoisotopic (exact) mass is 280 g/mol. The van der Waals surface area contributed by atoms with Gasteiger partial charge in [-0.25, -0.2) is 0 Å². The summed E-state index contributed by atoms with van der Waals surface area (Å²) in [5, 5.41) is 13.1. The summed E-state index contributed by atoms with van der Waals surface area (Å²) in [6.07, 6.45) is 0.837. The van der Waals surface area contributed by atoms with Crippen LogP contribution in [0.2, 0.25) is 5.02 Å². The lowest BCUT2D eigenvalue weighted by molar-refractivity contribution is -0.122. The number of hydroxylamine groups is 2. The Morgan fingerprint density at radius 2 is 1.95 bits per heavy atom. The molecule has 0 saturated carbocycles. The van der Waals surface area contributed by atoms with Crippen LogP contribution in [0.1, 0.15) is 30.1 Å². The second-order valence-electron chi connectivity index (χ2n) is 4.86. The van der Waals surface area contributed by atoms with Crippen molar-refractivity contribution in [1.82, 2.24) is 5.06 Å². The molecule has 1 aliphatic heterocycles. The van der Waals surface area contributed by atoms with Crippen LogP contribution in [0, 0.1) is 11.1 Å². The molecule has 0 aromatic heterocycles. The molecular formula is C14H15ClNO3-. The van der Waals surface area contributed by atoms with E-state index in [0.717, 1.165) is 5.06 Å². The summed E-state index contributed by atoms with van der Waals surface area (Å²) in [6, 6.07) is 5.69. The Labute approximate surface area is 116 Å². The second-order valence-corrected chi connectivity index (χ2v) is 5.30. The van der Waals surface area contributed by atoms with Gasteiger partial charge in [0.2, 0.25) is 0 Å². The number of Topliss-reactive ketones (excluding diaryl/α,β-unsaturated/α-hetero) is 2. The van der Waals surface area contributed by atoms with Crippen molar-refractivity contribution in [1.29, 1.82) is 0 Å². The van der Waals surface area contributed by atoms with Crippen molar-refractivity contribution in [3.63, 3.8) is 0 Å². The van der Waals surface area contributed by atoms with Crippen LogP contribution in [0.3, 0.4) is 0 Å². The van der Waals surface area contributed by atoms with Crippen LogP contribution in [0.4, 0.5) is 0 Å². The third-order valence-electron chi connectivity index (χ3n) is 3.56. The molecule has 1 heterocycles. The van der Waals surface area contributed by atoms with E-state index in [4.69, 9.17) is 11.6 Å². The van der Waals surface area contributed by atoms with E-state index in [1.165, 1.54) is 6.92 Å². The van der Waals surface area contributed by atoms with Crippen LogP contribution >= 0.6 is 11.6 Å². The Balaban J connectivity index is 2.16. The Morgan fingerprint density at radius 1 is 1.32 bits per heavy atom. The molecule has 1 aliphatic rings. The summed E-state index contributed by atoms with van der Waals surface area (Å²) in [6.45, 7) is 1.74. The molecule has 2 rings (SSSR count). The number of carbonyl (C=O) groups is 2. The third-order valence-corrected chi connectivity index (χ3v) is 3.81. The van der Waals surface area contributed by atoms with E-state index in [9.17, 15) is 14.8 Å². The fourth-order valence-corrected chi connectivity index (χ4v) is 2.48. The second kappa shape index (κ2) is 5.82. The van der Waals surface area contributed by atoms with E-state index in [0.29, 0.717) is 23.4 Å². The predicted octanol–water partition coefficient (Wildman–Crippen LogP) is 2.69. The van der Waals surface area contributed by atoms with Gasteiger partial charge in [0, 0.05) is 16.5 Å². The highest BCUT2D eigenvalue weighted by Gasteiger charge is 2.31. The first-order chi connectivity index (χ1) is 8.99. The minimum Gasteiger partial charge on any atom is -0.785 e. The minimum atomic E-state index is -0.760. The lowest BCUT2D eigenvalue weighted by Crippen LogP contribution is -2.45. The number of benzene rings is 1. The zero-order valence-electron chi connectivity index (χ0n) is 10.6. The van der Waals surface area contributed by atoms with Crippen molar-refractivity contribution in [3.05, 3.63) is 40.1 Å². The molecule has 102 valence electrons. The summed E-state index contributed by atoms with van der Waals surface area (Å²) in [4.78, 5) is 23.7. The van der Waals surface area contributed by atoms with Crippen LogP contribution in [0.15, 0.2) is 24.3 Å². The average Bonchev–Trinajstić information content (AvgIpc) is 2.39. The number of carbonyl (C=O) groups excluding carboxylic acids is 2. The Bertz CT molecular complexity index is 486. The first-order valence-corrected chi connectivity index (χ1v) is 6.61. The van der Waals surface area contributed by atoms with E-state index in [1.807, 2.05) is 0 Å². The number of rotatable bonds is 3. The Hall–Kier alpha value is -1.23. The number of hydrogen-bond donors (Lipinski definition) is 0. The maximum Gasteiger partial charge on any atom is 0.179 e. The van der Waals surface area contributed by atoms with Gasteiger partial charge in [0.25, 0.3) is 0 Å². The first kappa shape index (κ1) is 14.2. The summed E-state index contributed by atoms with van der Waals surface area (Å²) < 4.78 is 0. The van der Waals surface area contributed by atoms with Crippen LogP contribution < -0.4 is 0 Å². The average molecular weight is 281 g/mol. The predicted molar refractivity (Wildman–Crippen MR) is 73.0 cm³/mol. The zero-order valence-corrected chi connectivity index (χ0v) is 11.4. The first-order valence-electron chi connectivity index (χ1n) is 6.23. The maximum atomic E-state index is 12.3. The van der Waals surface area contributed by atoms with Gasteiger partial charge in [0.05, 0.1) is 6.04 Å². The molecule has 1 saturated heterocycles. The van der Waals surface area contributed by atoms with Crippen LogP contribution in [-0.2, 0) is 4.79 Å². The van der Waals surface area contributed by atoms with Crippen molar-refractivity contribution in [2.45, 2.75) is 25.8 Å². The molecule has 4 nitrogen and oxygen atoms in total. The summed E-state index contributed by atoms with van der Waals surface area (Å²) in [5.41, 5.74) is 0.458. The van der Waals surface area contributed by atoms with Crippen molar-refractivity contribution in [2.24, 2.45) is 5.92 Å². The van der Waals surface area contributed by atoms with Crippen LogP contribution in [-0.4, -0.2) is 29.2 Å². The fourth-order valence-electron chi connectivity index (χ4n) is 2.36. The normalized spacial score (nSPS) is 24.2. The highest BCUT2D eigenvalue weighted by atomic mass is 35.5. The number of ketones is 2. The van der Waals surface area contributed by atoms with E-state index in [2.05, 4.69) is 0 Å². The molecule has 2 atom stereocenters. The van der Waals surface area contributed by atoms with E-state index in [-0.39, 0.29) is 24.0 Å². The Kier molecular flexibility index (Phi) is 4.34. The van der Waals surface area contributed by atoms with Gasteiger partial charge in [-0.2, -0.15) is 0 Å². The van der Waals surface area contributed by atoms with Gasteiger partial charge >= 0.3 is 0 Å². The standard InChI is InChI=1S/C14H15ClNO3/c1-9(17)11-6-7-16(19)13(8-11)14(18)10-2-4-12(15)5-3-10/h2-5,11,13H,6-8H2,1H3/q-1. The molecule has 0 amide bonds. The highest BCUT2D eigenvalue weighted by molar-refractivity contribution is 6.30.